The Hall–Kier alpha value is -2.31. The highest BCUT2D eigenvalue weighted by atomic mass is 32.2. The fourth-order valence-corrected chi connectivity index (χ4v) is 5.93. The summed E-state index contributed by atoms with van der Waals surface area (Å²) in [5, 5.41) is 18.7. The molecule has 0 radical (unpaired) electrons. The summed E-state index contributed by atoms with van der Waals surface area (Å²) in [6.45, 7) is 3.99. The summed E-state index contributed by atoms with van der Waals surface area (Å²) in [5.41, 5.74) is 1.20. The Morgan fingerprint density at radius 2 is 1.06 bits per heavy atom. The van der Waals surface area contributed by atoms with Crippen LogP contribution in [0.2, 0.25) is 0 Å². The molecule has 0 bridgehead atoms. The van der Waals surface area contributed by atoms with Gasteiger partial charge in [-0.3, -0.25) is 9.59 Å². The first-order chi connectivity index (χ1) is 16.1. The van der Waals surface area contributed by atoms with Gasteiger partial charge in [0.2, 0.25) is 0 Å². The second kappa shape index (κ2) is 13.5. The number of benzene rings is 2. The van der Waals surface area contributed by atoms with Crippen molar-refractivity contribution in [1.29, 1.82) is 0 Å². The SMILES string of the molecule is CC(CCCC[S+]([O-])CCCCC(C)(CC(=O)O)c1ccccc1)(CC(=O)O)c1ccccc1. The molecule has 0 fully saturated rings. The highest BCUT2D eigenvalue weighted by Crippen LogP contribution is 2.34. The zero-order chi connectivity index (χ0) is 25.0. The van der Waals surface area contributed by atoms with E-state index in [1.165, 1.54) is 0 Å². The first kappa shape index (κ1) is 27.9. The van der Waals surface area contributed by atoms with Gasteiger partial charge >= 0.3 is 11.9 Å². The van der Waals surface area contributed by atoms with Gasteiger partial charge in [0.1, 0.15) is 11.5 Å². The van der Waals surface area contributed by atoms with E-state index < -0.39 is 33.9 Å². The van der Waals surface area contributed by atoms with Crippen LogP contribution in [0, 0.1) is 0 Å². The van der Waals surface area contributed by atoms with Gasteiger partial charge in [-0.1, -0.05) is 85.7 Å². The molecule has 0 heterocycles. The van der Waals surface area contributed by atoms with Gasteiger partial charge in [-0.15, -0.1) is 0 Å². The zero-order valence-electron chi connectivity index (χ0n) is 20.4. The molecule has 2 aromatic rings. The fraction of sp³-hybridized carbons (Fsp3) is 0.500. The normalized spacial score (nSPS) is 15.7. The molecule has 0 aliphatic heterocycles. The zero-order valence-corrected chi connectivity index (χ0v) is 21.2. The fourth-order valence-electron chi connectivity index (χ4n) is 4.68. The van der Waals surface area contributed by atoms with Gasteiger partial charge in [-0.25, -0.2) is 0 Å². The van der Waals surface area contributed by atoms with Crippen molar-refractivity contribution in [1.82, 2.24) is 0 Å². The van der Waals surface area contributed by atoms with Crippen LogP contribution < -0.4 is 0 Å². The molecule has 0 aromatic heterocycles. The van der Waals surface area contributed by atoms with Crippen LogP contribution in [0.1, 0.15) is 76.3 Å². The van der Waals surface area contributed by atoms with Crippen LogP contribution in [0.4, 0.5) is 0 Å². The third kappa shape index (κ3) is 9.15. The summed E-state index contributed by atoms with van der Waals surface area (Å²) in [6.07, 6.45) is 4.90. The molecule has 0 saturated heterocycles. The lowest BCUT2D eigenvalue weighted by Gasteiger charge is -2.29. The van der Waals surface area contributed by atoms with E-state index in [1.807, 2.05) is 74.5 Å². The van der Waals surface area contributed by atoms with E-state index in [1.54, 1.807) is 0 Å². The molecule has 34 heavy (non-hydrogen) atoms. The first-order valence-electron chi connectivity index (χ1n) is 12.0. The molecular weight excluding hydrogens is 448 g/mol. The van der Waals surface area contributed by atoms with Gasteiger partial charge in [0.05, 0.1) is 12.8 Å². The predicted molar refractivity (Wildman–Crippen MR) is 138 cm³/mol. The lowest BCUT2D eigenvalue weighted by Crippen LogP contribution is -2.26. The van der Waals surface area contributed by atoms with Crippen molar-refractivity contribution >= 4 is 23.1 Å². The maximum absolute atomic E-state index is 12.5. The largest absolute Gasteiger partial charge is 0.616 e. The van der Waals surface area contributed by atoms with Gasteiger partial charge in [0.15, 0.2) is 0 Å². The van der Waals surface area contributed by atoms with Crippen LogP contribution in [0.15, 0.2) is 60.7 Å². The number of carboxylic acids is 2. The Bertz CT molecular complexity index is 815. The second-order valence-electron chi connectivity index (χ2n) is 9.76. The molecule has 0 amide bonds. The lowest BCUT2D eigenvalue weighted by atomic mass is 9.75. The highest BCUT2D eigenvalue weighted by Gasteiger charge is 2.30. The molecule has 2 rings (SSSR count). The second-order valence-corrected chi connectivity index (χ2v) is 11.5. The molecule has 0 aliphatic rings. The number of hydrogen-bond donors (Lipinski definition) is 2. The predicted octanol–water partition coefficient (Wildman–Crippen LogP) is 5.94. The minimum atomic E-state index is -0.920. The van der Waals surface area contributed by atoms with Gasteiger partial charge in [-0.2, -0.15) is 0 Å². The Labute approximate surface area is 206 Å². The summed E-state index contributed by atoms with van der Waals surface area (Å²) in [6, 6.07) is 19.5. The minimum Gasteiger partial charge on any atom is -0.616 e. The summed E-state index contributed by atoms with van der Waals surface area (Å²) < 4.78 is 12.5. The van der Waals surface area contributed by atoms with Gasteiger partial charge in [0, 0.05) is 10.8 Å². The summed E-state index contributed by atoms with van der Waals surface area (Å²) in [5.74, 6) is -0.382. The molecule has 0 spiro atoms. The van der Waals surface area contributed by atoms with Crippen molar-refractivity contribution in [2.45, 2.75) is 76.0 Å². The van der Waals surface area contributed by atoms with Crippen molar-refractivity contribution in [3.63, 3.8) is 0 Å². The molecule has 0 aliphatic carbocycles. The van der Waals surface area contributed by atoms with Crippen LogP contribution >= 0.6 is 0 Å². The minimum absolute atomic E-state index is 0.0800. The van der Waals surface area contributed by atoms with Crippen molar-refractivity contribution < 1.29 is 24.4 Å². The molecule has 186 valence electrons. The van der Waals surface area contributed by atoms with Crippen LogP contribution in [-0.4, -0.2) is 38.2 Å². The van der Waals surface area contributed by atoms with E-state index in [2.05, 4.69) is 0 Å². The van der Waals surface area contributed by atoms with Gasteiger partial charge in [-0.05, 0) is 49.7 Å². The summed E-state index contributed by atoms with van der Waals surface area (Å²) in [4.78, 5) is 22.8. The van der Waals surface area contributed by atoms with Crippen LogP contribution in [0.3, 0.4) is 0 Å². The average molecular weight is 487 g/mol. The Morgan fingerprint density at radius 3 is 1.38 bits per heavy atom. The van der Waals surface area contributed by atoms with Gasteiger partial charge < -0.3 is 14.8 Å². The molecule has 2 atom stereocenters. The van der Waals surface area contributed by atoms with Crippen LogP contribution in [-0.2, 0) is 31.6 Å². The lowest BCUT2D eigenvalue weighted by molar-refractivity contribution is -0.139. The topological polar surface area (TPSA) is 97.7 Å². The van der Waals surface area contributed by atoms with Crippen LogP contribution in [0.25, 0.3) is 0 Å². The number of carbonyl (C=O) groups is 2. The Balaban J connectivity index is 1.76. The maximum atomic E-state index is 12.5. The van der Waals surface area contributed by atoms with Crippen molar-refractivity contribution in [3.8, 4) is 0 Å². The quantitative estimate of drug-likeness (QED) is 0.226. The highest BCUT2D eigenvalue weighted by molar-refractivity contribution is 7.91. The molecule has 2 unspecified atom stereocenters. The smallest absolute Gasteiger partial charge is 0.304 e. The Kier molecular flexibility index (Phi) is 11.1. The molecule has 2 aromatic carbocycles. The third-order valence-electron chi connectivity index (χ3n) is 6.73. The average Bonchev–Trinajstić information content (AvgIpc) is 2.80. The van der Waals surface area contributed by atoms with E-state index in [0.717, 1.165) is 49.7 Å². The van der Waals surface area contributed by atoms with E-state index >= 15 is 0 Å². The van der Waals surface area contributed by atoms with Gasteiger partial charge in [0.25, 0.3) is 0 Å². The first-order valence-corrected chi connectivity index (χ1v) is 13.5. The summed E-state index contributed by atoms with van der Waals surface area (Å²) in [7, 11) is 0. The molecule has 2 N–H and O–H groups in total. The van der Waals surface area contributed by atoms with Crippen molar-refractivity contribution in [3.05, 3.63) is 71.8 Å². The van der Waals surface area contributed by atoms with Crippen LogP contribution in [0.5, 0.6) is 0 Å². The van der Waals surface area contributed by atoms with E-state index in [0.29, 0.717) is 11.5 Å². The Morgan fingerprint density at radius 1 is 0.706 bits per heavy atom. The molecule has 0 saturated carbocycles. The molecular formula is C28H38O5S. The van der Waals surface area contributed by atoms with Crippen molar-refractivity contribution in [2.24, 2.45) is 0 Å². The summed E-state index contributed by atoms with van der Waals surface area (Å²) >= 11 is -0.920. The third-order valence-corrected chi connectivity index (χ3v) is 8.21. The van der Waals surface area contributed by atoms with E-state index in [4.69, 9.17) is 0 Å². The van der Waals surface area contributed by atoms with E-state index in [-0.39, 0.29) is 12.8 Å². The number of hydrogen-bond acceptors (Lipinski definition) is 3. The maximum Gasteiger partial charge on any atom is 0.304 e. The molecule has 5 nitrogen and oxygen atoms in total. The number of rotatable bonds is 16. The number of aliphatic carboxylic acids is 2. The van der Waals surface area contributed by atoms with Crippen molar-refractivity contribution in [2.75, 3.05) is 11.5 Å². The standard InChI is InChI=1S/C28H38O5S/c1-27(21-25(29)30,23-13-5-3-6-14-23)17-9-11-19-34(33)20-12-10-18-28(2,22-26(31)32)24-15-7-4-8-16-24/h3-8,13-16H,9-12,17-22H2,1-2H3,(H,29,30)(H,31,32). The molecule has 6 heteroatoms. The van der Waals surface area contributed by atoms with E-state index in [9.17, 15) is 24.4 Å². The number of unbranched alkanes of at least 4 members (excludes halogenated alkanes) is 2. The number of carboxylic acid groups (broad SMARTS) is 2. The monoisotopic (exact) mass is 486 g/mol.